The first-order valence-corrected chi connectivity index (χ1v) is 7.28. The zero-order valence-corrected chi connectivity index (χ0v) is 12.2. The maximum atomic E-state index is 5.83. The average molecular weight is 277 g/mol. The summed E-state index contributed by atoms with van der Waals surface area (Å²) in [6, 6.07) is 1.93. The first-order valence-electron chi connectivity index (χ1n) is 6.40. The Morgan fingerprint density at radius 1 is 1.37 bits per heavy atom. The van der Waals surface area contributed by atoms with Crippen molar-refractivity contribution < 1.29 is 0 Å². The molecule has 0 amide bonds. The van der Waals surface area contributed by atoms with Gasteiger partial charge in [0.1, 0.15) is 22.5 Å². The quantitative estimate of drug-likeness (QED) is 0.877. The van der Waals surface area contributed by atoms with E-state index in [1.165, 1.54) is 0 Å². The van der Waals surface area contributed by atoms with Gasteiger partial charge < -0.3 is 11.1 Å². The second-order valence-corrected chi connectivity index (χ2v) is 5.59. The molecule has 0 fully saturated rings. The van der Waals surface area contributed by atoms with Crippen LogP contribution in [-0.2, 0) is 0 Å². The van der Waals surface area contributed by atoms with E-state index < -0.39 is 0 Å². The summed E-state index contributed by atoms with van der Waals surface area (Å²) in [6.07, 6.45) is 2.76. The molecule has 0 radical (unpaired) electrons. The summed E-state index contributed by atoms with van der Waals surface area (Å²) in [5.74, 6) is 2.27. The van der Waals surface area contributed by atoms with Crippen molar-refractivity contribution in [2.24, 2.45) is 0 Å². The highest BCUT2D eigenvalue weighted by molar-refractivity contribution is 7.09. The van der Waals surface area contributed by atoms with E-state index in [1.807, 2.05) is 11.6 Å². The lowest BCUT2D eigenvalue weighted by molar-refractivity contribution is 0.726. The van der Waals surface area contributed by atoms with E-state index in [4.69, 9.17) is 5.73 Å². The Morgan fingerprint density at radius 2 is 2.16 bits per heavy atom. The van der Waals surface area contributed by atoms with Crippen LogP contribution in [0.1, 0.15) is 50.0 Å². The van der Waals surface area contributed by atoms with Crippen LogP contribution in [0.15, 0.2) is 17.6 Å². The topological polar surface area (TPSA) is 76.7 Å². The molecule has 0 aliphatic heterocycles. The molecule has 1 unspecified atom stereocenters. The van der Waals surface area contributed by atoms with Crippen LogP contribution in [0.25, 0.3) is 0 Å². The molecule has 0 saturated carbocycles. The predicted octanol–water partition coefficient (Wildman–Crippen LogP) is 3.20. The first-order chi connectivity index (χ1) is 9.10. The van der Waals surface area contributed by atoms with E-state index in [1.54, 1.807) is 17.4 Å². The summed E-state index contributed by atoms with van der Waals surface area (Å²) < 4.78 is 0. The van der Waals surface area contributed by atoms with Gasteiger partial charge in [0.05, 0.1) is 6.04 Å². The summed E-state index contributed by atoms with van der Waals surface area (Å²) in [7, 11) is 0. The van der Waals surface area contributed by atoms with Gasteiger partial charge in [0, 0.05) is 23.6 Å². The van der Waals surface area contributed by atoms with Crippen LogP contribution in [0.2, 0.25) is 0 Å². The molecule has 5 nitrogen and oxygen atoms in total. The molecule has 0 bridgehead atoms. The maximum absolute atomic E-state index is 5.83. The van der Waals surface area contributed by atoms with Crippen LogP contribution < -0.4 is 11.1 Å². The summed E-state index contributed by atoms with van der Waals surface area (Å²) >= 11 is 1.64. The largest absolute Gasteiger partial charge is 0.384 e. The standard InChI is InChI=1S/C13H19N5S/c1-4-9(13-15-5-6-19-13)16-11-7-10(14)17-12(18-11)8(2)3/h5-9H,4H2,1-3H3,(H3,14,16,17,18). The van der Waals surface area contributed by atoms with Gasteiger partial charge in [-0.2, -0.15) is 0 Å². The number of thiazole rings is 1. The SMILES string of the molecule is CCC(Nc1cc(N)nc(C(C)C)n1)c1nccs1. The van der Waals surface area contributed by atoms with Crippen LogP contribution in [0.3, 0.4) is 0 Å². The van der Waals surface area contributed by atoms with Crippen molar-refractivity contribution in [3.8, 4) is 0 Å². The van der Waals surface area contributed by atoms with Crippen LogP contribution in [-0.4, -0.2) is 15.0 Å². The normalized spacial score (nSPS) is 12.6. The van der Waals surface area contributed by atoms with E-state index in [9.17, 15) is 0 Å². The molecule has 0 aliphatic rings. The Kier molecular flexibility index (Phi) is 4.31. The van der Waals surface area contributed by atoms with Gasteiger partial charge in [-0.3, -0.25) is 0 Å². The summed E-state index contributed by atoms with van der Waals surface area (Å²) in [5, 5.41) is 6.42. The van der Waals surface area contributed by atoms with Gasteiger partial charge >= 0.3 is 0 Å². The fourth-order valence-corrected chi connectivity index (χ4v) is 2.51. The van der Waals surface area contributed by atoms with Gasteiger partial charge in [0.15, 0.2) is 0 Å². The van der Waals surface area contributed by atoms with Gasteiger partial charge in [-0.25, -0.2) is 15.0 Å². The molecule has 6 heteroatoms. The van der Waals surface area contributed by atoms with Crippen LogP contribution in [0, 0.1) is 0 Å². The molecule has 0 spiro atoms. The molecule has 2 aromatic rings. The number of rotatable bonds is 5. The van der Waals surface area contributed by atoms with E-state index in [-0.39, 0.29) is 12.0 Å². The second kappa shape index (κ2) is 5.97. The highest BCUT2D eigenvalue weighted by Crippen LogP contribution is 2.24. The van der Waals surface area contributed by atoms with Crippen LogP contribution >= 0.6 is 11.3 Å². The van der Waals surface area contributed by atoms with Gasteiger partial charge in [-0.05, 0) is 6.42 Å². The van der Waals surface area contributed by atoms with Crippen molar-refractivity contribution in [3.63, 3.8) is 0 Å². The lowest BCUT2D eigenvalue weighted by atomic mass is 10.2. The molecule has 0 aliphatic carbocycles. The summed E-state index contributed by atoms with van der Waals surface area (Å²) in [5.41, 5.74) is 5.83. The van der Waals surface area contributed by atoms with Crippen molar-refractivity contribution in [2.45, 2.75) is 39.2 Å². The molecule has 102 valence electrons. The number of nitrogens with one attached hydrogen (secondary N) is 1. The highest BCUT2D eigenvalue weighted by atomic mass is 32.1. The van der Waals surface area contributed by atoms with E-state index in [0.717, 1.165) is 23.1 Å². The zero-order chi connectivity index (χ0) is 13.8. The Morgan fingerprint density at radius 3 is 2.74 bits per heavy atom. The second-order valence-electron chi connectivity index (χ2n) is 4.67. The van der Waals surface area contributed by atoms with Crippen molar-refractivity contribution in [3.05, 3.63) is 28.5 Å². The van der Waals surface area contributed by atoms with Gasteiger partial charge in [-0.1, -0.05) is 20.8 Å². The van der Waals surface area contributed by atoms with E-state index in [0.29, 0.717) is 5.82 Å². The molecule has 2 aromatic heterocycles. The number of nitrogens with two attached hydrogens (primary N) is 1. The summed E-state index contributed by atoms with van der Waals surface area (Å²) in [4.78, 5) is 13.1. The predicted molar refractivity (Wildman–Crippen MR) is 79.3 cm³/mol. The van der Waals surface area contributed by atoms with Crippen LogP contribution in [0.4, 0.5) is 11.6 Å². The molecular formula is C13H19N5S. The number of hydrogen-bond donors (Lipinski definition) is 2. The van der Waals surface area contributed by atoms with Crippen molar-refractivity contribution in [2.75, 3.05) is 11.1 Å². The van der Waals surface area contributed by atoms with Crippen molar-refractivity contribution in [1.29, 1.82) is 0 Å². The van der Waals surface area contributed by atoms with Crippen molar-refractivity contribution in [1.82, 2.24) is 15.0 Å². The number of nitrogens with zero attached hydrogens (tertiary/aromatic N) is 3. The van der Waals surface area contributed by atoms with Crippen LogP contribution in [0.5, 0.6) is 0 Å². The molecule has 1 atom stereocenters. The summed E-state index contributed by atoms with van der Waals surface area (Å²) in [6.45, 7) is 6.22. The number of anilines is 2. The fraction of sp³-hybridized carbons (Fsp3) is 0.462. The molecule has 3 N–H and O–H groups in total. The average Bonchev–Trinajstić information content (AvgIpc) is 2.89. The lowest BCUT2D eigenvalue weighted by Gasteiger charge is -2.16. The van der Waals surface area contributed by atoms with Gasteiger partial charge in [0.25, 0.3) is 0 Å². The molecular weight excluding hydrogens is 258 g/mol. The molecule has 0 saturated heterocycles. The Hall–Kier alpha value is -1.69. The minimum absolute atomic E-state index is 0.161. The Balaban J connectivity index is 2.22. The molecule has 19 heavy (non-hydrogen) atoms. The van der Waals surface area contributed by atoms with Crippen molar-refractivity contribution >= 4 is 23.0 Å². The smallest absolute Gasteiger partial charge is 0.135 e. The third kappa shape index (κ3) is 3.41. The molecule has 2 rings (SSSR count). The Bertz CT molecular complexity index is 524. The minimum atomic E-state index is 0.161. The minimum Gasteiger partial charge on any atom is -0.384 e. The zero-order valence-electron chi connectivity index (χ0n) is 11.4. The van der Waals surface area contributed by atoms with Gasteiger partial charge in [-0.15, -0.1) is 11.3 Å². The number of nitrogen functional groups attached to an aromatic ring is 1. The number of aromatic nitrogens is 3. The van der Waals surface area contributed by atoms with E-state index >= 15 is 0 Å². The van der Waals surface area contributed by atoms with E-state index in [2.05, 4.69) is 41.0 Å². The maximum Gasteiger partial charge on any atom is 0.135 e. The number of hydrogen-bond acceptors (Lipinski definition) is 6. The third-order valence-electron chi connectivity index (χ3n) is 2.76. The molecule has 0 aromatic carbocycles. The van der Waals surface area contributed by atoms with Gasteiger partial charge in [0.2, 0.25) is 0 Å². The fourth-order valence-electron chi connectivity index (χ4n) is 1.74. The first kappa shape index (κ1) is 13.7. The molecule has 2 heterocycles. The lowest BCUT2D eigenvalue weighted by Crippen LogP contribution is -2.13. The monoisotopic (exact) mass is 277 g/mol. The highest BCUT2D eigenvalue weighted by Gasteiger charge is 2.14. The third-order valence-corrected chi connectivity index (χ3v) is 3.65. The Labute approximate surface area is 117 Å².